The zero-order valence-corrected chi connectivity index (χ0v) is 9.72. The molecule has 4 heteroatoms. The summed E-state index contributed by atoms with van der Waals surface area (Å²) in [4.78, 5) is 17.8. The predicted octanol–water partition coefficient (Wildman–Crippen LogP) is 1.88. The molecule has 0 unspecified atom stereocenters. The molecule has 2 aromatic rings. The molecule has 0 amide bonds. The third kappa shape index (κ3) is 2.18. The van der Waals surface area contributed by atoms with Gasteiger partial charge in [0.25, 0.3) is 5.56 Å². The molecule has 0 spiro atoms. The number of nitrogens with one attached hydrogen (secondary N) is 1. The van der Waals surface area contributed by atoms with E-state index in [0.717, 1.165) is 24.3 Å². The van der Waals surface area contributed by atoms with Crippen LogP contribution < -0.4 is 10.3 Å². The van der Waals surface area contributed by atoms with Gasteiger partial charge in [-0.15, -0.1) is 0 Å². The molecule has 3 rings (SSSR count). The maximum Gasteiger partial charge on any atom is 0.251 e. The van der Waals surface area contributed by atoms with Gasteiger partial charge >= 0.3 is 0 Å². The summed E-state index contributed by atoms with van der Waals surface area (Å²) >= 11 is 0. The van der Waals surface area contributed by atoms with Crippen molar-refractivity contribution in [3.63, 3.8) is 0 Å². The van der Waals surface area contributed by atoms with Crippen LogP contribution >= 0.6 is 0 Å². The lowest BCUT2D eigenvalue weighted by atomic mass is 10.1. The minimum atomic E-state index is -0.146. The van der Waals surface area contributed by atoms with Crippen molar-refractivity contribution in [2.75, 3.05) is 6.61 Å². The van der Waals surface area contributed by atoms with E-state index in [1.54, 1.807) is 6.08 Å². The maximum atomic E-state index is 11.1. The third-order valence-corrected chi connectivity index (χ3v) is 2.84. The number of rotatable bonds is 2. The Balaban J connectivity index is 1.86. The molecule has 0 saturated heterocycles. The van der Waals surface area contributed by atoms with Crippen molar-refractivity contribution in [3.05, 3.63) is 57.8 Å². The summed E-state index contributed by atoms with van der Waals surface area (Å²) < 4.78 is 5.45. The first kappa shape index (κ1) is 10.8. The average molecular weight is 240 g/mol. The number of aromatic amines is 1. The highest BCUT2D eigenvalue weighted by molar-refractivity contribution is 5.67. The van der Waals surface area contributed by atoms with E-state index < -0.39 is 0 Å². The van der Waals surface area contributed by atoms with E-state index >= 15 is 0 Å². The minimum Gasteiger partial charge on any atom is -0.493 e. The monoisotopic (exact) mass is 240 g/mol. The molecular weight excluding hydrogens is 228 g/mol. The molecule has 0 radical (unpaired) electrons. The fraction of sp³-hybridized carbons (Fsp3) is 0.143. The fourth-order valence-corrected chi connectivity index (χ4v) is 1.96. The van der Waals surface area contributed by atoms with Crippen molar-refractivity contribution in [3.8, 4) is 5.75 Å². The lowest BCUT2D eigenvalue weighted by molar-refractivity contribution is 0.357. The number of hydrogen-bond donors (Lipinski definition) is 1. The second-order valence-electron chi connectivity index (χ2n) is 4.12. The Kier molecular flexibility index (Phi) is 2.68. The molecule has 0 bridgehead atoms. The predicted molar refractivity (Wildman–Crippen MR) is 69.4 cm³/mol. The topological polar surface area (TPSA) is 55.0 Å². The average Bonchev–Trinajstić information content (AvgIpc) is 2.84. The number of ether oxygens (including phenoxy) is 1. The summed E-state index contributed by atoms with van der Waals surface area (Å²) in [7, 11) is 0. The van der Waals surface area contributed by atoms with Crippen LogP contribution in [0.1, 0.15) is 17.0 Å². The SMILES string of the molecule is O=c1ccnc(/C=C/c2ccc3c(c2)CCO3)[nH]1. The van der Waals surface area contributed by atoms with Crippen molar-refractivity contribution in [1.29, 1.82) is 0 Å². The smallest absolute Gasteiger partial charge is 0.251 e. The van der Waals surface area contributed by atoms with Crippen LogP contribution in [0.25, 0.3) is 12.2 Å². The molecule has 18 heavy (non-hydrogen) atoms. The molecule has 0 atom stereocenters. The Labute approximate surface area is 104 Å². The number of aromatic nitrogens is 2. The Morgan fingerprint density at radius 2 is 2.22 bits per heavy atom. The molecule has 1 N–H and O–H groups in total. The number of benzene rings is 1. The molecule has 2 heterocycles. The summed E-state index contributed by atoms with van der Waals surface area (Å²) in [6.07, 6.45) is 6.17. The van der Waals surface area contributed by atoms with Gasteiger partial charge in [-0.2, -0.15) is 0 Å². The van der Waals surface area contributed by atoms with E-state index in [4.69, 9.17) is 4.74 Å². The molecule has 0 aliphatic carbocycles. The van der Waals surface area contributed by atoms with Gasteiger partial charge in [-0.1, -0.05) is 12.1 Å². The molecule has 1 aromatic carbocycles. The highest BCUT2D eigenvalue weighted by Gasteiger charge is 2.10. The number of H-pyrrole nitrogens is 1. The summed E-state index contributed by atoms with van der Waals surface area (Å²) in [5, 5.41) is 0. The Morgan fingerprint density at radius 3 is 3.11 bits per heavy atom. The van der Waals surface area contributed by atoms with Gasteiger partial charge in [0.2, 0.25) is 0 Å². The highest BCUT2D eigenvalue weighted by Crippen LogP contribution is 2.26. The number of fused-ring (bicyclic) bond motifs is 1. The first-order chi connectivity index (χ1) is 8.81. The number of nitrogens with zero attached hydrogens (tertiary/aromatic N) is 1. The van der Waals surface area contributed by atoms with E-state index in [-0.39, 0.29) is 5.56 Å². The second-order valence-corrected chi connectivity index (χ2v) is 4.12. The van der Waals surface area contributed by atoms with Crippen LogP contribution in [0.3, 0.4) is 0 Å². The maximum absolute atomic E-state index is 11.1. The van der Waals surface area contributed by atoms with Crippen LogP contribution in [0, 0.1) is 0 Å². The minimum absolute atomic E-state index is 0.146. The lowest BCUT2D eigenvalue weighted by Crippen LogP contribution is -2.05. The van der Waals surface area contributed by atoms with Crippen molar-refractivity contribution >= 4 is 12.2 Å². The zero-order chi connectivity index (χ0) is 12.4. The van der Waals surface area contributed by atoms with Crippen LogP contribution in [-0.4, -0.2) is 16.6 Å². The van der Waals surface area contributed by atoms with Gasteiger partial charge < -0.3 is 9.72 Å². The molecular formula is C14H12N2O2. The molecule has 1 aliphatic heterocycles. The molecule has 1 aliphatic rings. The molecule has 4 nitrogen and oxygen atoms in total. The molecule has 1 aromatic heterocycles. The van der Waals surface area contributed by atoms with Gasteiger partial charge in [0.15, 0.2) is 0 Å². The van der Waals surface area contributed by atoms with Gasteiger partial charge in [0.05, 0.1) is 6.61 Å². The van der Waals surface area contributed by atoms with E-state index in [2.05, 4.69) is 16.0 Å². The van der Waals surface area contributed by atoms with Crippen LogP contribution in [0.4, 0.5) is 0 Å². The molecule has 0 fully saturated rings. The van der Waals surface area contributed by atoms with Crippen molar-refractivity contribution in [2.45, 2.75) is 6.42 Å². The van der Waals surface area contributed by atoms with Gasteiger partial charge in [-0.3, -0.25) is 4.79 Å². The zero-order valence-electron chi connectivity index (χ0n) is 9.72. The first-order valence-corrected chi connectivity index (χ1v) is 5.80. The van der Waals surface area contributed by atoms with Crippen LogP contribution in [0.2, 0.25) is 0 Å². The quantitative estimate of drug-likeness (QED) is 0.871. The normalized spacial score (nSPS) is 13.6. The summed E-state index contributed by atoms with van der Waals surface area (Å²) in [6.45, 7) is 0.760. The van der Waals surface area contributed by atoms with Crippen molar-refractivity contribution in [1.82, 2.24) is 9.97 Å². The molecule has 90 valence electrons. The largest absolute Gasteiger partial charge is 0.493 e. The van der Waals surface area contributed by atoms with Crippen LogP contribution in [0.15, 0.2) is 35.3 Å². The van der Waals surface area contributed by atoms with Crippen molar-refractivity contribution < 1.29 is 4.74 Å². The van der Waals surface area contributed by atoms with E-state index in [0.29, 0.717) is 5.82 Å². The Hall–Kier alpha value is -2.36. The first-order valence-electron chi connectivity index (χ1n) is 5.80. The highest BCUT2D eigenvalue weighted by atomic mass is 16.5. The summed E-state index contributed by atoms with van der Waals surface area (Å²) in [5.74, 6) is 1.53. The third-order valence-electron chi connectivity index (χ3n) is 2.84. The summed E-state index contributed by atoms with van der Waals surface area (Å²) in [6, 6.07) is 7.45. The van der Waals surface area contributed by atoms with Gasteiger partial charge in [-0.05, 0) is 29.3 Å². The Morgan fingerprint density at radius 1 is 1.28 bits per heavy atom. The fourth-order valence-electron chi connectivity index (χ4n) is 1.96. The van der Waals surface area contributed by atoms with Gasteiger partial charge in [0, 0.05) is 18.7 Å². The standard InChI is InChI=1S/C14H12N2O2/c17-14-5-7-15-13(16-14)4-2-10-1-3-12-11(9-10)6-8-18-12/h1-5,7,9H,6,8H2,(H,15,16,17)/b4-2+. The van der Waals surface area contributed by atoms with Crippen LogP contribution in [-0.2, 0) is 6.42 Å². The Bertz CT molecular complexity index is 659. The number of hydrogen-bond acceptors (Lipinski definition) is 3. The van der Waals surface area contributed by atoms with Gasteiger partial charge in [0.1, 0.15) is 11.6 Å². The van der Waals surface area contributed by atoms with Gasteiger partial charge in [-0.25, -0.2) is 4.98 Å². The van der Waals surface area contributed by atoms with Crippen LogP contribution in [0.5, 0.6) is 5.75 Å². The van der Waals surface area contributed by atoms with Crippen molar-refractivity contribution in [2.24, 2.45) is 0 Å². The van der Waals surface area contributed by atoms with E-state index in [1.165, 1.54) is 17.8 Å². The van der Waals surface area contributed by atoms with E-state index in [1.807, 2.05) is 18.2 Å². The lowest BCUT2D eigenvalue weighted by Gasteiger charge is -1.99. The summed E-state index contributed by atoms with van der Waals surface area (Å²) in [5.41, 5.74) is 2.16. The van der Waals surface area contributed by atoms with E-state index in [9.17, 15) is 4.79 Å². The second kappa shape index (κ2) is 4.49. The molecule has 0 saturated carbocycles.